The molecule has 0 aliphatic rings. The number of hydrogen-bond acceptors (Lipinski definition) is 4. The number of para-hydroxylation sites is 2. The summed E-state index contributed by atoms with van der Waals surface area (Å²) in [5.41, 5.74) is 4.07. The van der Waals surface area contributed by atoms with Crippen LogP contribution in [0, 0.1) is 6.92 Å². The van der Waals surface area contributed by atoms with Crippen molar-refractivity contribution in [2.45, 2.75) is 24.4 Å². The van der Waals surface area contributed by atoms with E-state index in [0.29, 0.717) is 17.1 Å². The predicted octanol–water partition coefficient (Wildman–Crippen LogP) is 5.05. The van der Waals surface area contributed by atoms with Crippen LogP contribution < -0.4 is 10.3 Å². The molecule has 0 atom stereocenters. The molecule has 1 aromatic heterocycles. The van der Waals surface area contributed by atoms with Crippen LogP contribution in [0.15, 0.2) is 82.7 Å². The van der Waals surface area contributed by atoms with Gasteiger partial charge in [0, 0.05) is 11.3 Å². The van der Waals surface area contributed by atoms with E-state index in [2.05, 4.69) is 31.2 Å². The minimum Gasteiger partial charge on any atom is -0.496 e. The van der Waals surface area contributed by atoms with E-state index >= 15 is 0 Å². The molecule has 0 radical (unpaired) electrons. The van der Waals surface area contributed by atoms with Gasteiger partial charge in [0.1, 0.15) is 5.75 Å². The first-order chi connectivity index (χ1) is 14.2. The van der Waals surface area contributed by atoms with E-state index in [1.807, 2.05) is 48.5 Å². The Kier molecular flexibility index (Phi) is 5.67. The van der Waals surface area contributed by atoms with Gasteiger partial charge in [-0.15, -0.1) is 0 Å². The van der Waals surface area contributed by atoms with Gasteiger partial charge >= 0.3 is 0 Å². The highest BCUT2D eigenvalue weighted by atomic mass is 32.2. The Hall–Kier alpha value is -3.05. The van der Waals surface area contributed by atoms with Gasteiger partial charge in [-0.3, -0.25) is 9.36 Å². The van der Waals surface area contributed by atoms with Crippen molar-refractivity contribution in [2.75, 3.05) is 7.11 Å². The molecule has 0 amide bonds. The standard InChI is InChI=1S/C24H22N2O2S/c1-17-11-13-18(14-12-17)16-29-24-25-21-9-5-4-8-20(21)23(27)26(24)15-19-7-3-6-10-22(19)28-2/h3-14H,15-16H2,1-2H3. The number of ether oxygens (including phenoxy) is 1. The van der Waals surface area contributed by atoms with Crippen LogP contribution in [0.3, 0.4) is 0 Å². The van der Waals surface area contributed by atoms with E-state index < -0.39 is 0 Å². The normalized spacial score (nSPS) is 11.0. The Bertz CT molecular complexity index is 1200. The molecule has 5 heteroatoms. The van der Waals surface area contributed by atoms with E-state index in [0.717, 1.165) is 22.6 Å². The molecule has 3 aromatic carbocycles. The molecular formula is C24H22N2O2S. The van der Waals surface area contributed by atoms with Crippen molar-refractivity contribution in [3.63, 3.8) is 0 Å². The molecule has 0 aliphatic carbocycles. The average molecular weight is 403 g/mol. The molecule has 0 fully saturated rings. The number of methoxy groups -OCH3 is 1. The third-order valence-corrected chi connectivity index (χ3v) is 5.88. The highest BCUT2D eigenvalue weighted by Crippen LogP contribution is 2.25. The van der Waals surface area contributed by atoms with Crippen LogP contribution in [0.4, 0.5) is 0 Å². The zero-order chi connectivity index (χ0) is 20.2. The van der Waals surface area contributed by atoms with Crippen LogP contribution in [-0.4, -0.2) is 16.7 Å². The fourth-order valence-corrected chi connectivity index (χ4v) is 4.19. The number of aryl methyl sites for hydroxylation is 1. The largest absolute Gasteiger partial charge is 0.496 e. The number of aromatic nitrogens is 2. The number of benzene rings is 3. The van der Waals surface area contributed by atoms with E-state index in [9.17, 15) is 4.79 Å². The number of thioether (sulfide) groups is 1. The lowest BCUT2D eigenvalue weighted by atomic mass is 10.2. The average Bonchev–Trinajstić information content (AvgIpc) is 2.76. The van der Waals surface area contributed by atoms with Crippen LogP contribution >= 0.6 is 11.8 Å². The zero-order valence-electron chi connectivity index (χ0n) is 16.5. The molecule has 0 N–H and O–H groups in total. The zero-order valence-corrected chi connectivity index (χ0v) is 17.3. The monoisotopic (exact) mass is 402 g/mol. The maximum Gasteiger partial charge on any atom is 0.262 e. The number of nitrogens with zero attached hydrogens (tertiary/aromatic N) is 2. The second kappa shape index (κ2) is 8.53. The van der Waals surface area contributed by atoms with E-state index in [1.54, 1.807) is 23.4 Å². The SMILES string of the molecule is COc1ccccc1Cn1c(SCc2ccc(C)cc2)nc2ccccc2c1=O. The first kappa shape index (κ1) is 19.3. The Morgan fingerprint density at radius 2 is 1.69 bits per heavy atom. The molecule has 4 aromatic rings. The van der Waals surface area contributed by atoms with Gasteiger partial charge in [0.2, 0.25) is 0 Å². The lowest BCUT2D eigenvalue weighted by Gasteiger charge is -2.15. The predicted molar refractivity (Wildman–Crippen MR) is 119 cm³/mol. The first-order valence-corrected chi connectivity index (χ1v) is 10.4. The van der Waals surface area contributed by atoms with Gasteiger partial charge < -0.3 is 4.74 Å². The summed E-state index contributed by atoms with van der Waals surface area (Å²) in [4.78, 5) is 18.1. The third kappa shape index (κ3) is 4.20. The molecule has 29 heavy (non-hydrogen) atoms. The van der Waals surface area contributed by atoms with E-state index in [-0.39, 0.29) is 5.56 Å². The van der Waals surface area contributed by atoms with Gasteiger partial charge in [-0.1, -0.05) is 71.9 Å². The molecule has 0 spiro atoms. The smallest absolute Gasteiger partial charge is 0.262 e. The summed E-state index contributed by atoms with van der Waals surface area (Å²) < 4.78 is 7.23. The van der Waals surface area contributed by atoms with Gasteiger partial charge in [0.05, 0.1) is 24.6 Å². The van der Waals surface area contributed by atoms with Crippen molar-refractivity contribution >= 4 is 22.7 Å². The Labute approximate surface area is 174 Å². The van der Waals surface area contributed by atoms with Crippen molar-refractivity contribution < 1.29 is 4.74 Å². The molecule has 0 saturated heterocycles. The van der Waals surface area contributed by atoms with Crippen LogP contribution in [-0.2, 0) is 12.3 Å². The lowest BCUT2D eigenvalue weighted by molar-refractivity contribution is 0.407. The lowest BCUT2D eigenvalue weighted by Crippen LogP contribution is -2.24. The fourth-order valence-electron chi connectivity index (χ4n) is 3.23. The van der Waals surface area contributed by atoms with Crippen molar-refractivity contribution in [2.24, 2.45) is 0 Å². The van der Waals surface area contributed by atoms with Gasteiger partial charge in [-0.05, 0) is 30.7 Å². The number of hydrogen-bond donors (Lipinski definition) is 0. The molecule has 0 bridgehead atoms. The molecular weight excluding hydrogens is 380 g/mol. The van der Waals surface area contributed by atoms with Crippen LogP contribution in [0.25, 0.3) is 10.9 Å². The quantitative estimate of drug-likeness (QED) is 0.334. The van der Waals surface area contributed by atoms with Crippen LogP contribution in [0.5, 0.6) is 5.75 Å². The van der Waals surface area contributed by atoms with Crippen LogP contribution in [0.1, 0.15) is 16.7 Å². The molecule has 1 heterocycles. The van der Waals surface area contributed by atoms with Crippen molar-refractivity contribution in [1.29, 1.82) is 0 Å². The van der Waals surface area contributed by atoms with Gasteiger partial charge in [-0.2, -0.15) is 0 Å². The summed E-state index contributed by atoms with van der Waals surface area (Å²) in [6.45, 7) is 2.49. The van der Waals surface area contributed by atoms with Crippen molar-refractivity contribution in [1.82, 2.24) is 9.55 Å². The van der Waals surface area contributed by atoms with Crippen LogP contribution in [0.2, 0.25) is 0 Å². The van der Waals surface area contributed by atoms with Crippen molar-refractivity contribution in [3.05, 3.63) is 99.8 Å². The Morgan fingerprint density at radius 3 is 2.48 bits per heavy atom. The Morgan fingerprint density at radius 1 is 0.966 bits per heavy atom. The molecule has 0 aliphatic heterocycles. The van der Waals surface area contributed by atoms with Gasteiger partial charge in [0.25, 0.3) is 5.56 Å². The summed E-state index contributed by atoms with van der Waals surface area (Å²) in [5, 5.41) is 1.34. The maximum absolute atomic E-state index is 13.3. The summed E-state index contributed by atoms with van der Waals surface area (Å²) in [6, 6.07) is 23.7. The van der Waals surface area contributed by atoms with E-state index in [1.165, 1.54) is 11.1 Å². The van der Waals surface area contributed by atoms with E-state index in [4.69, 9.17) is 9.72 Å². The third-order valence-electron chi connectivity index (χ3n) is 4.84. The maximum atomic E-state index is 13.3. The molecule has 146 valence electrons. The fraction of sp³-hybridized carbons (Fsp3) is 0.167. The second-order valence-electron chi connectivity index (χ2n) is 6.89. The van der Waals surface area contributed by atoms with Crippen molar-refractivity contribution in [3.8, 4) is 5.75 Å². The Balaban J connectivity index is 1.75. The minimum atomic E-state index is -0.0343. The van der Waals surface area contributed by atoms with Gasteiger partial charge in [0.15, 0.2) is 5.16 Å². The minimum absolute atomic E-state index is 0.0343. The molecule has 0 unspecified atom stereocenters. The summed E-state index contributed by atoms with van der Waals surface area (Å²) in [5.74, 6) is 1.51. The number of fused-ring (bicyclic) bond motifs is 1. The molecule has 4 rings (SSSR count). The number of rotatable bonds is 6. The second-order valence-corrected chi connectivity index (χ2v) is 7.83. The highest BCUT2D eigenvalue weighted by molar-refractivity contribution is 7.98. The highest BCUT2D eigenvalue weighted by Gasteiger charge is 2.14. The molecule has 0 saturated carbocycles. The summed E-state index contributed by atoms with van der Waals surface area (Å²) in [7, 11) is 1.65. The summed E-state index contributed by atoms with van der Waals surface area (Å²) >= 11 is 1.58. The first-order valence-electron chi connectivity index (χ1n) is 9.45. The topological polar surface area (TPSA) is 44.1 Å². The molecule has 4 nitrogen and oxygen atoms in total. The van der Waals surface area contributed by atoms with Gasteiger partial charge in [-0.25, -0.2) is 4.98 Å². The summed E-state index contributed by atoms with van der Waals surface area (Å²) in [6.07, 6.45) is 0.